The number of Topliss-reactive ketones (excluding diaryl/α,β-unsaturated/α-hetero) is 1. The minimum atomic E-state index is -0.657. The van der Waals surface area contributed by atoms with Gasteiger partial charge in [-0.3, -0.25) is 9.59 Å². The molecule has 0 aliphatic rings. The standard InChI is InChI=1S/C22H20N4O4/c1-16(27)23-19-9-7-18(8-10-19)21(28)15-30-22(29)12-11-20-14-26(25-24-20)13-17-5-3-2-4-6-17/h2-12,14H,13,15H2,1H3,(H,23,27)/b12-11+. The first-order chi connectivity index (χ1) is 14.5. The maximum absolute atomic E-state index is 12.1. The fourth-order valence-corrected chi connectivity index (χ4v) is 2.60. The lowest BCUT2D eigenvalue weighted by atomic mass is 10.1. The second-order valence-electron chi connectivity index (χ2n) is 6.45. The number of hydrogen-bond donors (Lipinski definition) is 1. The van der Waals surface area contributed by atoms with Gasteiger partial charge in [0.15, 0.2) is 12.4 Å². The van der Waals surface area contributed by atoms with Crippen molar-refractivity contribution in [2.24, 2.45) is 0 Å². The van der Waals surface area contributed by atoms with Crippen molar-refractivity contribution >= 4 is 29.4 Å². The average Bonchev–Trinajstić information content (AvgIpc) is 3.18. The van der Waals surface area contributed by atoms with Crippen LogP contribution in [-0.4, -0.2) is 39.3 Å². The van der Waals surface area contributed by atoms with Gasteiger partial charge in [0.2, 0.25) is 5.91 Å². The molecular weight excluding hydrogens is 384 g/mol. The first kappa shape index (κ1) is 20.7. The van der Waals surface area contributed by atoms with Crippen LogP contribution < -0.4 is 5.32 Å². The zero-order valence-corrected chi connectivity index (χ0v) is 16.3. The largest absolute Gasteiger partial charge is 0.454 e. The third kappa shape index (κ3) is 6.23. The smallest absolute Gasteiger partial charge is 0.331 e. The topological polar surface area (TPSA) is 103 Å². The van der Waals surface area contributed by atoms with Gasteiger partial charge in [-0.15, -0.1) is 5.10 Å². The van der Waals surface area contributed by atoms with Crippen LogP contribution in [0.4, 0.5) is 5.69 Å². The lowest BCUT2D eigenvalue weighted by molar-refractivity contribution is -0.136. The molecule has 1 aromatic heterocycles. The van der Waals surface area contributed by atoms with Gasteiger partial charge in [-0.2, -0.15) is 0 Å². The van der Waals surface area contributed by atoms with E-state index in [0.29, 0.717) is 23.5 Å². The predicted molar refractivity (Wildman–Crippen MR) is 111 cm³/mol. The summed E-state index contributed by atoms with van der Waals surface area (Å²) in [6, 6.07) is 16.1. The van der Waals surface area contributed by atoms with E-state index in [1.165, 1.54) is 19.1 Å². The molecule has 0 fully saturated rings. The third-order valence-electron chi connectivity index (χ3n) is 4.01. The lowest BCUT2D eigenvalue weighted by Gasteiger charge is -2.04. The van der Waals surface area contributed by atoms with Crippen LogP contribution in [0.25, 0.3) is 6.08 Å². The van der Waals surface area contributed by atoms with E-state index in [9.17, 15) is 14.4 Å². The van der Waals surface area contributed by atoms with Gasteiger partial charge in [0.05, 0.1) is 12.7 Å². The number of carbonyl (C=O) groups is 3. The molecule has 1 amide bonds. The highest BCUT2D eigenvalue weighted by atomic mass is 16.5. The van der Waals surface area contributed by atoms with E-state index >= 15 is 0 Å². The number of aromatic nitrogens is 3. The van der Waals surface area contributed by atoms with Gasteiger partial charge >= 0.3 is 5.97 Å². The molecule has 3 aromatic rings. The second kappa shape index (κ2) is 9.92. The Hall–Kier alpha value is -4.07. The number of nitrogens with zero attached hydrogens (tertiary/aromatic N) is 3. The first-order valence-corrected chi connectivity index (χ1v) is 9.19. The number of carbonyl (C=O) groups excluding carboxylic acids is 3. The Bertz CT molecular complexity index is 1060. The molecule has 0 radical (unpaired) electrons. The molecule has 0 atom stereocenters. The van der Waals surface area contributed by atoms with Crippen LogP contribution in [0.2, 0.25) is 0 Å². The van der Waals surface area contributed by atoms with Gasteiger partial charge in [-0.05, 0) is 35.9 Å². The fourth-order valence-electron chi connectivity index (χ4n) is 2.60. The number of ketones is 1. The van der Waals surface area contributed by atoms with E-state index in [2.05, 4.69) is 15.6 Å². The molecule has 8 nitrogen and oxygen atoms in total. The van der Waals surface area contributed by atoms with Crippen molar-refractivity contribution in [2.75, 3.05) is 11.9 Å². The number of rotatable bonds is 8. The van der Waals surface area contributed by atoms with Gasteiger partial charge in [0, 0.05) is 24.3 Å². The normalized spacial score (nSPS) is 10.7. The van der Waals surface area contributed by atoms with Crippen LogP contribution in [0.5, 0.6) is 0 Å². The van der Waals surface area contributed by atoms with Gasteiger partial charge in [0.1, 0.15) is 5.69 Å². The summed E-state index contributed by atoms with van der Waals surface area (Å²) in [6.45, 7) is 1.58. The Morgan fingerprint density at radius 2 is 1.80 bits per heavy atom. The summed E-state index contributed by atoms with van der Waals surface area (Å²) < 4.78 is 6.64. The fraction of sp³-hybridized carbons (Fsp3) is 0.136. The van der Waals surface area contributed by atoms with Crippen LogP contribution in [-0.2, 0) is 20.9 Å². The summed E-state index contributed by atoms with van der Waals surface area (Å²) in [5.41, 5.74) is 2.55. The maximum atomic E-state index is 12.1. The van der Waals surface area contributed by atoms with Gasteiger partial charge in [-0.1, -0.05) is 35.5 Å². The number of anilines is 1. The molecule has 152 valence electrons. The molecule has 30 heavy (non-hydrogen) atoms. The molecule has 8 heteroatoms. The van der Waals surface area contributed by atoms with Crippen LogP contribution in [0.3, 0.4) is 0 Å². The summed E-state index contributed by atoms with van der Waals surface area (Å²) in [5, 5.41) is 10.6. The summed E-state index contributed by atoms with van der Waals surface area (Å²) in [4.78, 5) is 35.0. The number of nitrogens with one attached hydrogen (secondary N) is 1. The molecule has 1 N–H and O–H groups in total. The van der Waals surface area contributed by atoms with E-state index in [4.69, 9.17) is 4.74 Å². The highest BCUT2D eigenvalue weighted by molar-refractivity contribution is 5.99. The minimum absolute atomic E-state index is 0.199. The van der Waals surface area contributed by atoms with Crippen molar-refractivity contribution in [3.8, 4) is 0 Å². The Labute approximate surface area is 173 Å². The van der Waals surface area contributed by atoms with E-state index in [1.54, 1.807) is 35.1 Å². The lowest BCUT2D eigenvalue weighted by Crippen LogP contribution is -2.13. The van der Waals surface area contributed by atoms with Crippen molar-refractivity contribution in [3.05, 3.63) is 83.7 Å². The van der Waals surface area contributed by atoms with Crippen molar-refractivity contribution in [2.45, 2.75) is 13.5 Å². The minimum Gasteiger partial charge on any atom is -0.454 e. The molecule has 0 aliphatic carbocycles. The number of amides is 1. The quantitative estimate of drug-likeness (QED) is 0.352. The van der Waals surface area contributed by atoms with Crippen LogP contribution in [0, 0.1) is 0 Å². The third-order valence-corrected chi connectivity index (χ3v) is 4.01. The number of esters is 1. The predicted octanol–water partition coefficient (Wildman–Crippen LogP) is 2.72. The van der Waals surface area contributed by atoms with E-state index in [-0.39, 0.29) is 18.3 Å². The summed E-state index contributed by atoms with van der Waals surface area (Å²) in [6.07, 6.45) is 4.38. The molecule has 0 saturated heterocycles. The summed E-state index contributed by atoms with van der Waals surface area (Å²) in [7, 11) is 0. The molecule has 0 bridgehead atoms. The second-order valence-corrected chi connectivity index (χ2v) is 6.45. The van der Waals surface area contributed by atoms with Crippen molar-refractivity contribution in [1.29, 1.82) is 0 Å². The first-order valence-electron chi connectivity index (χ1n) is 9.19. The molecule has 0 saturated carbocycles. The summed E-state index contributed by atoms with van der Waals surface area (Å²) >= 11 is 0. The van der Waals surface area contributed by atoms with E-state index in [1.807, 2.05) is 30.3 Å². The summed E-state index contributed by atoms with van der Waals surface area (Å²) in [5.74, 6) is -1.20. The molecular formula is C22H20N4O4. The zero-order chi connectivity index (χ0) is 21.3. The van der Waals surface area contributed by atoms with Crippen molar-refractivity contribution in [1.82, 2.24) is 15.0 Å². The SMILES string of the molecule is CC(=O)Nc1ccc(C(=O)COC(=O)/C=C/c2cn(Cc3ccccc3)nn2)cc1. The molecule has 0 spiro atoms. The monoisotopic (exact) mass is 404 g/mol. The molecule has 0 unspecified atom stereocenters. The molecule has 3 rings (SSSR count). The Morgan fingerprint density at radius 3 is 2.50 bits per heavy atom. The number of hydrogen-bond acceptors (Lipinski definition) is 6. The Morgan fingerprint density at radius 1 is 1.07 bits per heavy atom. The van der Waals surface area contributed by atoms with Crippen molar-refractivity contribution < 1.29 is 19.1 Å². The van der Waals surface area contributed by atoms with E-state index < -0.39 is 5.97 Å². The molecule has 2 aromatic carbocycles. The van der Waals surface area contributed by atoms with Gasteiger partial charge in [-0.25, -0.2) is 9.48 Å². The maximum Gasteiger partial charge on any atom is 0.331 e. The van der Waals surface area contributed by atoms with Crippen LogP contribution in [0.1, 0.15) is 28.5 Å². The highest BCUT2D eigenvalue weighted by Crippen LogP contribution is 2.10. The number of benzene rings is 2. The average molecular weight is 404 g/mol. The Balaban J connectivity index is 1.47. The number of ether oxygens (including phenoxy) is 1. The Kier molecular flexibility index (Phi) is 6.83. The van der Waals surface area contributed by atoms with Crippen LogP contribution >= 0.6 is 0 Å². The molecule has 1 heterocycles. The van der Waals surface area contributed by atoms with Gasteiger partial charge in [0.25, 0.3) is 0 Å². The zero-order valence-electron chi connectivity index (χ0n) is 16.3. The highest BCUT2D eigenvalue weighted by Gasteiger charge is 2.09. The molecule has 0 aliphatic heterocycles. The van der Waals surface area contributed by atoms with Gasteiger partial charge < -0.3 is 10.1 Å². The van der Waals surface area contributed by atoms with Crippen molar-refractivity contribution in [3.63, 3.8) is 0 Å². The van der Waals surface area contributed by atoms with Crippen LogP contribution in [0.15, 0.2) is 66.9 Å². The van der Waals surface area contributed by atoms with E-state index in [0.717, 1.165) is 5.56 Å².